The van der Waals surface area contributed by atoms with Gasteiger partial charge in [0, 0.05) is 39.3 Å². The van der Waals surface area contributed by atoms with Gasteiger partial charge in [-0.05, 0) is 27.1 Å². The molecule has 0 saturated carbocycles. The summed E-state index contributed by atoms with van der Waals surface area (Å²) >= 11 is 0. The number of β-amino-alcohol motifs (C(OH)–C–C–N with tert-alkyl or cyclic N) is 1. The normalized spacial score (nSPS) is 18.0. The molecular weight excluding hydrogens is 294 g/mol. The first kappa shape index (κ1) is 16.1. The van der Waals surface area contributed by atoms with Gasteiger partial charge in [0.1, 0.15) is 6.33 Å². The standard InChI is InChI=1S/C15H25N7O/c1-12-8-14(15-17-16-11-22(15)18-12)21-6-4-20(5-7-21)10-13(23)9-19(2)3/h8,11,13,23H,4-7,9-10H2,1-3H3. The van der Waals surface area contributed by atoms with Crippen LogP contribution in [0.3, 0.4) is 0 Å². The monoisotopic (exact) mass is 319 g/mol. The summed E-state index contributed by atoms with van der Waals surface area (Å²) in [6, 6.07) is 2.07. The molecular formula is C15H25N7O. The molecule has 23 heavy (non-hydrogen) atoms. The minimum Gasteiger partial charge on any atom is -0.390 e. The molecule has 8 nitrogen and oxygen atoms in total. The molecule has 0 radical (unpaired) electrons. The predicted octanol–water partition coefficient (Wildman–Crippen LogP) is -0.523. The van der Waals surface area contributed by atoms with Gasteiger partial charge in [-0.2, -0.15) is 9.61 Å². The minimum atomic E-state index is -0.303. The molecule has 1 N–H and O–H groups in total. The van der Waals surface area contributed by atoms with Crippen LogP contribution >= 0.6 is 0 Å². The van der Waals surface area contributed by atoms with Crippen LogP contribution in [0.25, 0.3) is 5.65 Å². The number of hydrogen-bond acceptors (Lipinski definition) is 7. The van der Waals surface area contributed by atoms with Gasteiger partial charge in [0.05, 0.1) is 17.5 Å². The first-order valence-electron chi connectivity index (χ1n) is 8.00. The number of likely N-dealkylation sites (N-methyl/N-ethyl adjacent to an activating group) is 1. The van der Waals surface area contributed by atoms with E-state index in [1.165, 1.54) is 0 Å². The predicted molar refractivity (Wildman–Crippen MR) is 88.7 cm³/mol. The molecule has 8 heteroatoms. The molecule has 0 aliphatic carbocycles. The Morgan fingerprint density at radius 1 is 1.26 bits per heavy atom. The summed E-state index contributed by atoms with van der Waals surface area (Å²) in [6.45, 7) is 7.11. The van der Waals surface area contributed by atoms with Crippen LogP contribution in [0.15, 0.2) is 12.4 Å². The van der Waals surface area contributed by atoms with Crippen molar-refractivity contribution in [2.24, 2.45) is 0 Å². The number of nitrogens with zero attached hydrogens (tertiary/aromatic N) is 7. The summed E-state index contributed by atoms with van der Waals surface area (Å²) in [7, 11) is 3.97. The van der Waals surface area contributed by atoms with E-state index in [9.17, 15) is 5.11 Å². The zero-order valence-electron chi connectivity index (χ0n) is 14.1. The van der Waals surface area contributed by atoms with E-state index in [1.54, 1.807) is 10.8 Å². The van der Waals surface area contributed by atoms with Gasteiger partial charge in [0.25, 0.3) is 0 Å². The number of fused-ring (bicyclic) bond motifs is 1. The highest BCUT2D eigenvalue weighted by atomic mass is 16.3. The third-order valence-electron chi connectivity index (χ3n) is 4.13. The van der Waals surface area contributed by atoms with Gasteiger partial charge in [0.2, 0.25) is 5.65 Å². The van der Waals surface area contributed by atoms with Crippen LogP contribution in [-0.4, -0.2) is 94.2 Å². The van der Waals surface area contributed by atoms with Crippen molar-refractivity contribution < 1.29 is 5.11 Å². The zero-order valence-corrected chi connectivity index (χ0v) is 14.1. The van der Waals surface area contributed by atoms with Crippen molar-refractivity contribution in [1.29, 1.82) is 0 Å². The van der Waals surface area contributed by atoms with Crippen molar-refractivity contribution in [2.45, 2.75) is 13.0 Å². The second-order valence-electron chi connectivity index (χ2n) is 6.47. The second-order valence-corrected chi connectivity index (χ2v) is 6.47. The molecule has 0 amide bonds. The molecule has 0 spiro atoms. The van der Waals surface area contributed by atoms with Gasteiger partial charge in [-0.3, -0.25) is 4.90 Å². The lowest BCUT2D eigenvalue weighted by atomic mass is 10.2. The lowest BCUT2D eigenvalue weighted by Gasteiger charge is -2.37. The fourth-order valence-corrected chi connectivity index (χ4v) is 3.11. The Morgan fingerprint density at radius 2 is 2.00 bits per heavy atom. The van der Waals surface area contributed by atoms with Crippen LogP contribution < -0.4 is 4.90 Å². The highest BCUT2D eigenvalue weighted by Crippen LogP contribution is 2.21. The Bertz CT molecular complexity index is 648. The van der Waals surface area contributed by atoms with E-state index in [1.807, 2.05) is 25.9 Å². The van der Waals surface area contributed by atoms with Crippen LogP contribution in [0.5, 0.6) is 0 Å². The van der Waals surface area contributed by atoms with Crippen molar-refractivity contribution in [2.75, 3.05) is 58.3 Å². The molecule has 2 aromatic rings. The number of rotatable bonds is 5. The second kappa shape index (κ2) is 6.77. The average molecular weight is 319 g/mol. The van der Waals surface area contributed by atoms with Gasteiger partial charge >= 0.3 is 0 Å². The zero-order chi connectivity index (χ0) is 16.4. The first-order chi connectivity index (χ1) is 11.0. The van der Waals surface area contributed by atoms with Crippen LogP contribution in [0.4, 0.5) is 5.69 Å². The molecule has 126 valence electrons. The van der Waals surface area contributed by atoms with E-state index in [0.717, 1.165) is 49.8 Å². The molecule has 3 heterocycles. The van der Waals surface area contributed by atoms with Gasteiger partial charge < -0.3 is 14.9 Å². The Hall–Kier alpha value is -1.77. The third kappa shape index (κ3) is 3.77. The van der Waals surface area contributed by atoms with Gasteiger partial charge in [-0.15, -0.1) is 10.2 Å². The van der Waals surface area contributed by atoms with Crippen molar-refractivity contribution in [3.05, 3.63) is 18.1 Å². The number of piperazine rings is 1. The number of aryl methyl sites for hydroxylation is 1. The maximum absolute atomic E-state index is 10.1. The molecule has 1 aliphatic rings. The van der Waals surface area contributed by atoms with Gasteiger partial charge in [-0.1, -0.05) is 0 Å². The van der Waals surface area contributed by atoms with Gasteiger partial charge in [0.15, 0.2) is 0 Å². The Balaban J connectivity index is 1.63. The van der Waals surface area contributed by atoms with Crippen molar-refractivity contribution >= 4 is 11.3 Å². The molecule has 0 aromatic carbocycles. The number of aliphatic hydroxyl groups is 1. The van der Waals surface area contributed by atoms with Crippen molar-refractivity contribution in [3.63, 3.8) is 0 Å². The number of aliphatic hydroxyl groups excluding tert-OH is 1. The van der Waals surface area contributed by atoms with Crippen LogP contribution in [0, 0.1) is 6.92 Å². The van der Waals surface area contributed by atoms with E-state index < -0.39 is 0 Å². The summed E-state index contributed by atoms with van der Waals surface area (Å²) in [6.07, 6.45) is 1.34. The summed E-state index contributed by atoms with van der Waals surface area (Å²) < 4.78 is 1.73. The maximum atomic E-state index is 10.1. The molecule has 2 aromatic heterocycles. The smallest absolute Gasteiger partial charge is 0.200 e. The summed E-state index contributed by atoms with van der Waals surface area (Å²) in [4.78, 5) is 6.66. The number of hydrogen-bond donors (Lipinski definition) is 1. The summed E-state index contributed by atoms with van der Waals surface area (Å²) in [5.74, 6) is 0. The SMILES string of the molecule is Cc1cc(N2CCN(CC(O)CN(C)C)CC2)c2nncn2n1. The minimum absolute atomic E-state index is 0.303. The van der Waals surface area contributed by atoms with E-state index in [-0.39, 0.29) is 6.10 Å². The van der Waals surface area contributed by atoms with Gasteiger partial charge in [-0.25, -0.2) is 0 Å². The highest BCUT2D eigenvalue weighted by Gasteiger charge is 2.22. The highest BCUT2D eigenvalue weighted by molar-refractivity contribution is 5.68. The molecule has 1 unspecified atom stereocenters. The fraction of sp³-hybridized carbons (Fsp3) is 0.667. The Morgan fingerprint density at radius 3 is 2.70 bits per heavy atom. The topological polar surface area (TPSA) is 73.0 Å². The van der Waals surface area contributed by atoms with E-state index in [0.29, 0.717) is 6.54 Å². The molecule has 0 bridgehead atoms. The summed E-state index contributed by atoms with van der Waals surface area (Å²) in [5, 5.41) is 22.6. The van der Waals surface area contributed by atoms with Crippen LogP contribution in [-0.2, 0) is 0 Å². The molecule has 1 aliphatic heterocycles. The van der Waals surface area contributed by atoms with Crippen molar-refractivity contribution in [1.82, 2.24) is 29.6 Å². The Labute approximate surface area is 136 Å². The molecule has 1 fully saturated rings. The lowest BCUT2D eigenvalue weighted by molar-refractivity contribution is 0.0861. The number of anilines is 1. The lowest BCUT2D eigenvalue weighted by Crippen LogP contribution is -2.49. The maximum Gasteiger partial charge on any atom is 0.200 e. The van der Waals surface area contributed by atoms with E-state index >= 15 is 0 Å². The van der Waals surface area contributed by atoms with E-state index in [2.05, 4.69) is 31.2 Å². The summed E-state index contributed by atoms with van der Waals surface area (Å²) in [5.41, 5.74) is 2.84. The fourth-order valence-electron chi connectivity index (χ4n) is 3.11. The van der Waals surface area contributed by atoms with Crippen molar-refractivity contribution in [3.8, 4) is 0 Å². The molecule has 3 rings (SSSR count). The third-order valence-corrected chi connectivity index (χ3v) is 4.13. The van der Waals surface area contributed by atoms with Crippen LogP contribution in [0.1, 0.15) is 5.69 Å². The average Bonchev–Trinajstić information content (AvgIpc) is 2.94. The van der Waals surface area contributed by atoms with Crippen LogP contribution in [0.2, 0.25) is 0 Å². The first-order valence-corrected chi connectivity index (χ1v) is 8.00. The number of aromatic nitrogens is 4. The largest absolute Gasteiger partial charge is 0.390 e. The Kier molecular flexibility index (Phi) is 4.74. The van der Waals surface area contributed by atoms with E-state index in [4.69, 9.17) is 0 Å². The molecule has 1 atom stereocenters. The molecule has 1 saturated heterocycles. The quantitative estimate of drug-likeness (QED) is 0.795.